The van der Waals surface area contributed by atoms with E-state index in [0.29, 0.717) is 0 Å². The summed E-state index contributed by atoms with van der Waals surface area (Å²) < 4.78 is 39.6. The molecule has 1 aromatic heterocycles. The van der Waals surface area contributed by atoms with Gasteiger partial charge in [-0.15, -0.1) is 0 Å². The Balaban J connectivity index is 2.77. The van der Waals surface area contributed by atoms with Crippen LogP contribution in [0.5, 0.6) is 0 Å². The van der Waals surface area contributed by atoms with Crippen molar-refractivity contribution < 1.29 is 18.0 Å². The van der Waals surface area contributed by atoms with Gasteiger partial charge >= 0.3 is 6.18 Å². The summed E-state index contributed by atoms with van der Waals surface area (Å²) in [6.45, 7) is 0. The first kappa shape index (κ1) is 13.1. The summed E-state index contributed by atoms with van der Waals surface area (Å²) in [6, 6.07) is 4.76. The summed E-state index contributed by atoms with van der Waals surface area (Å²) >= 11 is 0. The lowest BCUT2D eigenvalue weighted by Gasteiger charge is -2.11. The molecular formula is C12H9F3N2O2. The highest BCUT2D eigenvalue weighted by molar-refractivity contribution is 5.86. The van der Waals surface area contributed by atoms with Crippen LogP contribution in [0.25, 0.3) is 11.3 Å². The number of aromatic amines is 1. The zero-order valence-corrected chi connectivity index (χ0v) is 9.78. The number of carbonyl (C=O) groups excluding carboxylic acids is 1. The van der Waals surface area contributed by atoms with Crippen LogP contribution in [0.2, 0.25) is 0 Å². The highest BCUT2D eigenvalue weighted by Crippen LogP contribution is 2.36. The monoisotopic (exact) mass is 270 g/mol. The van der Waals surface area contributed by atoms with E-state index in [4.69, 9.17) is 0 Å². The van der Waals surface area contributed by atoms with E-state index in [1.807, 2.05) is 0 Å². The molecule has 0 saturated heterocycles. The second kappa shape index (κ2) is 4.42. The van der Waals surface area contributed by atoms with E-state index in [9.17, 15) is 22.8 Å². The Bertz CT molecular complexity index is 683. The van der Waals surface area contributed by atoms with Gasteiger partial charge < -0.3 is 0 Å². The molecule has 7 heteroatoms. The normalized spacial score (nSPS) is 11.6. The molecule has 19 heavy (non-hydrogen) atoms. The molecule has 0 fully saturated rings. The fraction of sp³-hybridized carbons (Fsp3) is 0.167. The van der Waals surface area contributed by atoms with Crippen LogP contribution in [-0.2, 0) is 13.2 Å². The summed E-state index contributed by atoms with van der Waals surface area (Å²) in [5, 5.41) is 2.47. The Hall–Kier alpha value is -2.31. The molecule has 0 atom stereocenters. The van der Waals surface area contributed by atoms with Gasteiger partial charge in [-0.1, -0.05) is 18.2 Å². The summed E-state index contributed by atoms with van der Waals surface area (Å²) in [6.07, 6.45) is -4.31. The van der Waals surface area contributed by atoms with E-state index in [-0.39, 0.29) is 23.1 Å². The summed E-state index contributed by atoms with van der Waals surface area (Å²) in [7, 11) is 1.33. The molecule has 0 spiro atoms. The number of benzene rings is 1. The molecule has 4 nitrogen and oxygen atoms in total. The molecule has 2 rings (SSSR count). The van der Waals surface area contributed by atoms with Crippen LogP contribution < -0.4 is 5.56 Å². The van der Waals surface area contributed by atoms with Gasteiger partial charge in [0.05, 0.1) is 11.3 Å². The molecule has 0 aliphatic heterocycles. The number of hydrogen-bond donors (Lipinski definition) is 1. The standard InChI is InChI=1S/C12H9F3N2O2/c1-17-11(19)8(6-18)10(16-17)7-4-2-3-5-9(7)12(13,14)15/h2-6,16H,1H3. The lowest BCUT2D eigenvalue weighted by Crippen LogP contribution is -2.14. The number of aldehydes is 1. The number of aryl methyl sites for hydroxylation is 1. The summed E-state index contributed by atoms with van der Waals surface area (Å²) in [5.74, 6) is 0. The molecule has 2 aromatic rings. The first-order valence-electron chi connectivity index (χ1n) is 5.27. The van der Waals surface area contributed by atoms with Crippen LogP contribution in [0.15, 0.2) is 29.1 Å². The van der Waals surface area contributed by atoms with Crippen molar-refractivity contribution in [2.24, 2.45) is 7.05 Å². The van der Waals surface area contributed by atoms with Crippen molar-refractivity contribution in [2.75, 3.05) is 0 Å². The fourth-order valence-corrected chi connectivity index (χ4v) is 1.83. The zero-order valence-electron chi connectivity index (χ0n) is 9.78. The van der Waals surface area contributed by atoms with Crippen molar-refractivity contribution in [2.45, 2.75) is 6.18 Å². The number of alkyl halides is 3. The molecule has 0 amide bonds. The van der Waals surface area contributed by atoms with Crippen molar-refractivity contribution in [3.05, 3.63) is 45.7 Å². The van der Waals surface area contributed by atoms with Crippen LogP contribution in [0.1, 0.15) is 15.9 Å². The number of hydrogen-bond acceptors (Lipinski definition) is 2. The predicted molar refractivity (Wildman–Crippen MR) is 61.9 cm³/mol. The molecule has 1 heterocycles. The predicted octanol–water partition coefficient (Wildman–Crippen LogP) is 2.21. The SMILES string of the molecule is Cn1[nH]c(-c2ccccc2C(F)(F)F)c(C=O)c1=O. The van der Waals surface area contributed by atoms with Crippen molar-refractivity contribution >= 4 is 6.29 Å². The highest BCUT2D eigenvalue weighted by atomic mass is 19.4. The average molecular weight is 270 g/mol. The Morgan fingerprint density at radius 2 is 1.89 bits per heavy atom. The van der Waals surface area contributed by atoms with Crippen LogP contribution in [-0.4, -0.2) is 16.1 Å². The molecule has 100 valence electrons. The number of nitrogens with one attached hydrogen (secondary N) is 1. The molecule has 0 aliphatic rings. The van der Waals surface area contributed by atoms with Gasteiger partial charge in [0.25, 0.3) is 5.56 Å². The van der Waals surface area contributed by atoms with Crippen LogP contribution in [0.4, 0.5) is 13.2 Å². The third-order valence-electron chi connectivity index (χ3n) is 2.70. The third kappa shape index (κ3) is 2.18. The molecule has 0 aliphatic carbocycles. The minimum atomic E-state index is -4.57. The minimum absolute atomic E-state index is 0.129. The second-order valence-electron chi connectivity index (χ2n) is 3.93. The van der Waals surface area contributed by atoms with Crippen molar-refractivity contribution in [3.8, 4) is 11.3 Å². The molecule has 1 N–H and O–H groups in total. The summed E-state index contributed by atoms with van der Waals surface area (Å²) in [4.78, 5) is 22.5. The molecule has 0 saturated carbocycles. The Labute approximate surface area is 105 Å². The highest BCUT2D eigenvalue weighted by Gasteiger charge is 2.34. The van der Waals surface area contributed by atoms with Gasteiger partial charge in [0.15, 0.2) is 6.29 Å². The largest absolute Gasteiger partial charge is 0.417 e. The maximum absolute atomic E-state index is 12.9. The van der Waals surface area contributed by atoms with Gasteiger partial charge in [-0.25, -0.2) is 0 Å². The summed E-state index contributed by atoms with van der Waals surface area (Å²) in [5.41, 5.74) is -2.24. The van der Waals surface area contributed by atoms with Crippen LogP contribution in [0, 0.1) is 0 Å². The average Bonchev–Trinajstić information content (AvgIpc) is 2.64. The lowest BCUT2D eigenvalue weighted by molar-refractivity contribution is -0.137. The van der Waals surface area contributed by atoms with Gasteiger partial charge in [-0.3, -0.25) is 19.4 Å². The van der Waals surface area contributed by atoms with Crippen molar-refractivity contribution in [3.63, 3.8) is 0 Å². The fourth-order valence-electron chi connectivity index (χ4n) is 1.83. The molecule has 0 radical (unpaired) electrons. The smallest absolute Gasteiger partial charge is 0.298 e. The van der Waals surface area contributed by atoms with Gasteiger partial charge in [-0.05, 0) is 6.07 Å². The number of rotatable bonds is 2. The van der Waals surface area contributed by atoms with Crippen molar-refractivity contribution in [1.29, 1.82) is 0 Å². The van der Waals surface area contributed by atoms with Gasteiger partial charge in [0.2, 0.25) is 0 Å². The first-order chi connectivity index (χ1) is 8.86. The first-order valence-corrected chi connectivity index (χ1v) is 5.27. The third-order valence-corrected chi connectivity index (χ3v) is 2.70. The number of halogens is 3. The van der Waals surface area contributed by atoms with Crippen molar-refractivity contribution in [1.82, 2.24) is 9.78 Å². The van der Waals surface area contributed by atoms with E-state index in [1.165, 1.54) is 25.2 Å². The maximum atomic E-state index is 12.9. The van der Waals surface area contributed by atoms with Gasteiger partial charge in [0.1, 0.15) is 5.56 Å². The quantitative estimate of drug-likeness (QED) is 0.851. The van der Waals surface area contributed by atoms with E-state index in [0.717, 1.165) is 10.7 Å². The van der Waals surface area contributed by atoms with Crippen LogP contribution >= 0.6 is 0 Å². The minimum Gasteiger partial charge on any atom is -0.298 e. The lowest BCUT2D eigenvalue weighted by atomic mass is 10.0. The Morgan fingerprint density at radius 1 is 1.26 bits per heavy atom. The molecule has 1 aromatic carbocycles. The molecule has 0 bridgehead atoms. The van der Waals surface area contributed by atoms with E-state index < -0.39 is 17.3 Å². The zero-order chi connectivity index (χ0) is 14.2. The molecular weight excluding hydrogens is 261 g/mol. The maximum Gasteiger partial charge on any atom is 0.417 e. The van der Waals surface area contributed by atoms with E-state index in [2.05, 4.69) is 5.10 Å². The van der Waals surface area contributed by atoms with Gasteiger partial charge in [0, 0.05) is 12.6 Å². The number of carbonyl (C=O) groups is 1. The number of H-pyrrole nitrogens is 1. The van der Waals surface area contributed by atoms with Gasteiger partial charge in [-0.2, -0.15) is 13.2 Å². The van der Waals surface area contributed by atoms with E-state index in [1.54, 1.807) is 0 Å². The number of aromatic nitrogens is 2. The van der Waals surface area contributed by atoms with Crippen LogP contribution in [0.3, 0.4) is 0 Å². The Kier molecular flexibility index (Phi) is 3.05. The second-order valence-corrected chi connectivity index (χ2v) is 3.93. The number of nitrogens with zero attached hydrogens (tertiary/aromatic N) is 1. The Morgan fingerprint density at radius 3 is 2.47 bits per heavy atom. The van der Waals surface area contributed by atoms with E-state index >= 15 is 0 Å². The topological polar surface area (TPSA) is 54.9 Å². The molecule has 0 unspecified atom stereocenters.